The lowest BCUT2D eigenvalue weighted by atomic mass is 10.0. The van der Waals surface area contributed by atoms with Crippen molar-refractivity contribution in [3.05, 3.63) is 175 Å². The predicted molar refractivity (Wildman–Crippen MR) is 197 cm³/mol. The number of fused-ring (bicyclic) bond motifs is 4. The van der Waals surface area contributed by atoms with Gasteiger partial charge in [-0.05, 0) is 96.9 Å². The van der Waals surface area contributed by atoms with Gasteiger partial charge >= 0.3 is 0 Å². The minimum Gasteiger partial charge on any atom is -0.456 e. The molecule has 2 heterocycles. The van der Waals surface area contributed by atoms with Crippen molar-refractivity contribution >= 4 is 50.0 Å². The van der Waals surface area contributed by atoms with Crippen molar-refractivity contribution < 1.29 is 9.32 Å². The van der Waals surface area contributed by atoms with Crippen LogP contribution in [0.25, 0.3) is 61.2 Å². The molecule has 1 atom stereocenters. The largest absolute Gasteiger partial charge is 0.456 e. The molecule has 0 saturated heterocycles. The highest BCUT2D eigenvalue weighted by atomic mass is 16.3. The first kappa shape index (κ1) is 28.0. The molecule has 0 aliphatic carbocycles. The van der Waals surface area contributed by atoms with E-state index in [1.54, 1.807) is 0 Å². The van der Waals surface area contributed by atoms with E-state index in [9.17, 15) is 0 Å². The molecule has 228 valence electrons. The van der Waals surface area contributed by atoms with Crippen LogP contribution >= 0.6 is 0 Å². The summed E-state index contributed by atoms with van der Waals surface area (Å²) in [5.41, 5.74) is 13.1. The topological polar surface area (TPSA) is 35.4 Å². The van der Waals surface area contributed by atoms with Crippen LogP contribution in [0.4, 0.5) is 17.1 Å². The Labute approximate surface area is 278 Å². The summed E-state index contributed by atoms with van der Waals surface area (Å²) in [5.74, 6) is 0.929. The number of rotatable bonds is 6. The van der Waals surface area contributed by atoms with Gasteiger partial charge in [0.1, 0.15) is 34.1 Å². The Bertz CT molecular complexity index is 2540. The first-order valence-electron chi connectivity index (χ1n) is 16.3. The second kappa shape index (κ2) is 11.5. The zero-order valence-corrected chi connectivity index (χ0v) is 26.5. The van der Waals surface area contributed by atoms with Crippen LogP contribution < -0.4 is 4.90 Å². The number of nitrogens with zero attached hydrogens (tertiary/aromatic N) is 2. The van der Waals surface area contributed by atoms with E-state index in [0.717, 1.165) is 72.5 Å². The van der Waals surface area contributed by atoms with Gasteiger partial charge in [0.15, 0.2) is 0 Å². The highest BCUT2D eigenvalue weighted by Gasteiger charge is 2.21. The molecule has 0 aliphatic heterocycles. The van der Waals surface area contributed by atoms with E-state index in [2.05, 4.69) is 163 Å². The number of quaternary nitrogens is 1. The number of benzene rings is 7. The van der Waals surface area contributed by atoms with E-state index in [1.807, 2.05) is 18.2 Å². The van der Waals surface area contributed by atoms with Gasteiger partial charge in [0.25, 0.3) is 0 Å². The van der Waals surface area contributed by atoms with Crippen LogP contribution in [0.3, 0.4) is 0 Å². The predicted octanol–water partition coefficient (Wildman–Crippen LogP) is 10.7. The molecule has 7 aromatic carbocycles. The van der Waals surface area contributed by atoms with Gasteiger partial charge < -0.3 is 4.42 Å². The van der Waals surface area contributed by atoms with Gasteiger partial charge in [-0.25, -0.2) is 9.88 Å². The standard InChI is InChI=1S/C44H31N3O/c1-30-15-22-37(23-16-30)47-41-13-7-6-12-40(41)45-44(47)32-19-26-36(27-20-32)46(34-9-3-2-4-10-34)35-24-17-31(18-25-35)33-21-28-39-38-11-5-8-14-42(38)48-43(39)29-33/h2-29H,1H3/p+1. The third-order valence-corrected chi connectivity index (χ3v) is 9.23. The maximum absolute atomic E-state index is 6.18. The summed E-state index contributed by atoms with van der Waals surface area (Å²) in [6.07, 6.45) is 0. The lowest BCUT2D eigenvalue weighted by Crippen LogP contribution is -2.96. The molecule has 0 spiro atoms. The molecule has 0 bridgehead atoms. The van der Waals surface area contributed by atoms with Crippen molar-refractivity contribution in [1.82, 2.24) is 9.55 Å². The van der Waals surface area contributed by atoms with E-state index >= 15 is 0 Å². The highest BCUT2D eigenvalue weighted by molar-refractivity contribution is 6.05. The number of imidazole rings is 1. The Morgan fingerprint density at radius 1 is 0.500 bits per heavy atom. The fourth-order valence-corrected chi connectivity index (χ4v) is 6.80. The molecule has 0 amide bonds. The SMILES string of the molecule is Cc1ccc(-n2c(-c3ccc([NH+](c4ccccc4)c4ccc(-c5ccc6c(c5)oc5ccccc56)cc4)cc3)nc3ccccc32)cc1. The summed E-state index contributed by atoms with van der Waals surface area (Å²) in [6.45, 7) is 2.12. The average molecular weight is 619 g/mol. The maximum Gasteiger partial charge on any atom is 0.145 e. The monoisotopic (exact) mass is 618 g/mol. The zero-order valence-electron chi connectivity index (χ0n) is 26.5. The smallest absolute Gasteiger partial charge is 0.145 e. The minimum atomic E-state index is 0.908. The fourth-order valence-electron chi connectivity index (χ4n) is 6.80. The quantitative estimate of drug-likeness (QED) is 0.201. The van der Waals surface area contributed by atoms with Crippen molar-refractivity contribution in [1.29, 1.82) is 0 Å². The van der Waals surface area contributed by atoms with E-state index in [1.165, 1.54) is 16.2 Å². The molecule has 0 fully saturated rings. The molecule has 0 radical (unpaired) electrons. The van der Waals surface area contributed by atoms with Gasteiger partial charge in [-0.3, -0.25) is 4.57 Å². The summed E-state index contributed by atoms with van der Waals surface area (Å²) in [5, 5.41) is 2.29. The molecular formula is C44H32N3O+. The van der Waals surface area contributed by atoms with Crippen LogP contribution in [-0.2, 0) is 0 Å². The number of nitrogens with one attached hydrogen (secondary N) is 1. The summed E-state index contributed by atoms with van der Waals surface area (Å²) in [6, 6.07) is 60.0. The summed E-state index contributed by atoms with van der Waals surface area (Å²) >= 11 is 0. The molecule has 9 rings (SSSR count). The summed E-state index contributed by atoms with van der Waals surface area (Å²) in [7, 11) is 0. The lowest BCUT2D eigenvalue weighted by Gasteiger charge is -2.19. The Kier molecular flexibility index (Phi) is 6.74. The van der Waals surface area contributed by atoms with Gasteiger partial charge in [-0.2, -0.15) is 0 Å². The van der Waals surface area contributed by atoms with E-state index in [-0.39, 0.29) is 0 Å². The maximum atomic E-state index is 6.18. The molecule has 1 N–H and O–H groups in total. The molecule has 0 aliphatic rings. The summed E-state index contributed by atoms with van der Waals surface area (Å²) < 4.78 is 8.43. The lowest BCUT2D eigenvalue weighted by molar-refractivity contribution is -0.681. The third kappa shape index (κ3) is 4.87. The van der Waals surface area contributed by atoms with Gasteiger partial charge in [0.05, 0.1) is 11.0 Å². The normalized spacial score (nSPS) is 12.2. The average Bonchev–Trinajstić information content (AvgIpc) is 3.72. The number of aryl methyl sites for hydroxylation is 1. The van der Waals surface area contributed by atoms with E-state index in [0.29, 0.717) is 0 Å². The molecule has 48 heavy (non-hydrogen) atoms. The number of aromatic nitrogens is 2. The van der Waals surface area contributed by atoms with Crippen molar-refractivity contribution in [2.45, 2.75) is 6.92 Å². The zero-order chi connectivity index (χ0) is 32.0. The van der Waals surface area contributed by atoms with Crippen LogP contribution in [0.2, 0.25) is 0 Å². The van der Waals surface area contributed by atoms with Crippen molar-refractivity contribution in [3.63, 3.8) is 0 Å². The Hall–Kier alpha value is -6.23. The highest BCUT2D eigenvalue weighted by Crippen LogP contribution is 2.33. The van der Waals surface area contributed by atoms with Crippen molar-refractivity contribution in [3.8, 4) is 28.2 Å². The fraction of sp³-hybridized carbons (Fsp3) is 0.0227. The van der Waals surface area contributed by atoms with E-state index < -0.39 is 0 Å². The second-order valence-corrected chi connectivity index (χ2v) is 12.3. The first-order chi connectivity index (χ1) is 23.7. The molecule has 9 aromatic rings. The third-order valence-electron chi connectivity index (χ3n) is 9.23. The minimum absolute atomic E-state index is 0.908. The van der Waals surface area contributed by atoms with Crippen LogP contribution in [0, 0.1) is 6.92 Å². The van der Waals surface area contributed by atoms with Gasteiger partial charge in [-0.15, -0.1) is 0 Å². The van der Waals surface area contributed by atoms with Crippen molar-refractivity contribution in [2.24, 2.45) is 0 Å². The van der Waals surface area contributed by atoms with Crippen LogP contribution in [-0.4, -0.2) is 9.55 Å². The van der Waals surface area contributed by atoms with Gasteiger partial charge in [-0.1, -0.05) is 72.3 Å². The number of hydrogen-bond donors (Lipinski definition) is 1. The molecule has 1 unspecified atom stereocenters. The summed E-state index contributed by atoms with van der Waals surface area (Å²) in [4.78, 5) is 6.28. The molecular weight excluding hydrogens is 587 g/mol. The molecule has 2 aromatic heterocycles. The number of hydrogen-bond acceptors (Lipinski definition) is 2. The Morgan fingerprint density at radius 3 is 1.88 bits per heavy atom. The van der Waals surface area contributed by atoms with Gasteiger partial charge in [0, 0.05) is 46.3 Å². The number of para-hydroxylation sites is 4. The van der Waals surface area contributed by atoms with Gasteiger partial charge in [0.2, 0.25) is 0 Å². The second-order valence-electron chi connectivity index (χ2n) is 12.3. The molecule has 0 saturated carbocycles. The van der Waals surface area contributed by atoms with Crippen molar-refractivity contribution in [2.75, 3.05) is 0 Å². The van der Waals surface area contributed by atoms with Crippen LogP contribution in [0.1, 0.15) is 5.56 Å². The molecule has 4 nitrogen and oxygen atoms in total. The van der Waals surface area contributed by atoms with Crippen LogP contribution in [0.5, 0.6) is 0 Å². The first-order valence-corrected chi connectivity index (χ1v) is 16.3. The van der Waals surface area contributed by atoms with Crippen LogP contribution in [0.15, 0.2) is 174 Å². The molecule has 4 heteroatoms. The van der Waals surface area contributed by atoms with E-state index in [4.69, 9.17) is 9.40 Å². The number of furan rings is 1. The Balaban J connectivity index is 1.09. The Morgan fingerprint density at radius 2 is 1.10 bits per heavy atom.